The van der Waals surface area contributed by atoms with Crippen molar-refractivity contribution in [3.05, 3.63) is 64.4 Å². The Morgan fingerprint density at radius 3 is 2.96 bits per heavy atom. The fourth-order valence-corrected chi connectivity index (χ4v) is 4.74. The van der Waals surface area contributed by atoms with Gasteiger partial charge in [-0.1, -0.05) is 42.1 Å². The summed E-state index contributed by atoms with van der Waals surface area (Å²) >= 11 is 1.67. The van der Waals surface area contributed by atoms with Gasteiger partial charge >= 0.3 is 0 Å². The summed E-state index contributed by atoms with van der Waals surface area (Å²) in [6.45, 7) is 1.34. The lowest BCUT2D eigenvalue weighted by molar-refractivity contribution is 0.414. The van der Waals surface area contributed by atoms with Crippen LogP contribution in [-0.4, -0.2) is 27.0 Å². The highest BCUT2D eigenvalue weighted by molar-refractivity contribution is 7.99. The standard InChI is InChI=1S/C21H19N3O2S/c1-26-15-7-4-6-14(12-15)13-24-17-9-3-2-8-16(17)18-19(24)20(25)23-10-5-11-27-21(23)22-18/h2-4,6-9,12H,5,10-11,13H2,1H3. The van der Waals surface area contributed by atoms with Crippen LogP contribution in [0.15, 0.2) is 58.5 Å². The zero-order chi connectivity index (χ0) is 18.4. The fraction of sp³-hybridized carbons (Fsp3) is 0.238. The molecule has 0 aliphatic carbocycles. The zero-order valence-corrected chi connectivity index (χ0v) is 15.8. The number of thioether (sulfide) groups is 1. The summed E-state index contributed by atoms with van der Waals surface area (Å²) in [5, 5.41) is 1.87. The van der Waals surface area contributed by atoms with E-state index in [1.807, 2.05) is 34.9 Å². The van der Waals surface area contributed by atoms with Crippen LogP contribution in [0.4, 0.5) is 0 Å². The maximum Gasteiger partial charge on any atom is 0.278 e. The summed E-state index contributed by atoms with van der Waals surface area (Å²) in [5.74, 6) is 1.83. The van der Waals surface area contributed by atoms with E-state index in [1.54, 1.807) is 18.9 Å². The van der Waals surface area contributed by atoms with Gasteiger partial charge < -0.3 is 9.30 Å². The van der Waals surface area contributed by atoms with Gasteiger partial charge in [-0.3, -0.25) is 9.36 Å². The number of hydrogen-bond acceptors (Lipinski definition) is 4. The Kier molecular flexibility index (Phi) is 3.93. The van der Waals surface area contributed by atoms with Crippen molar-refractivity contribution in [1.82, 2.24) is 14.1 Å². The van der Waals surface area contributed by atoms with Crippen LogP contribution in [0.2, 0.25) is 0 Å². The topological polar surface area (TPSA) is 49.0 Å². The fourth-order valence-electron chi connectivity index (χ4n) is 3.80. The van der Waals surface area contributed by atoms with Crippen LogP contribution in [0.1, 0.15) is 12.0 Å². The summed E-state index contributed by atoms with van der Waals surface area (Å²) in [5.41, 5.74) is 3.67. The molecule has 5 nitrogen and oxygen atoms in total. The first-order valence-corrected chi connectivity index (χ1v) is 10.0. The van der Waals surface area contributed by atoms with E-state index in [0.717, 1.165) is 51.6 Å². The maximum absolute atomic E-state index is 13.3. The van der Waals surface area contributed by atoms with Crippen LogP contribution >= 0.6 is 11.8 Å². The summed E-state index contributed by atoms with van der Waals surface area (Å²) in [6.07, 6.45) is 1.00. The maximum atomic E-state index is 13.3. The van der Waals surface area contributed by atoms with Crippen LogP contribution in [-0.2, 0) is 13.1 Å². The third kappa shape index (κ3) is 2.63. The molecule has 0 fully saturated rings. The number of benzene rings is 2. The van der Waals surface area contributed by atoms with Gasteiger partial charge in [-0.25, -0.2) is 4.98 Å². The van der Waals surface area contributed by atoms with E-state index in [9.17, 15) is 4.79 Å². The van der Waals surface area contributed by atoms with Crippen molar-refractivity contribution in [1.29, 1.82) is 0 Å². The molecule has 0 unspecified atom stereocenters. The average Bonchev–Trinajstić information content (AvgIpc) is 3.02. The number of methoxy groups -OCH3 is 1. The smallest absolute Gasteiger partial charge is 0.278 e. The van der Waals surface area contributed by atoms with Crippen LogP contribution in [0.25, 0.3) is 21.9 Å². The molecule has 0 amide bonds. The van der Waals surface area contributed by atoms with E-state index in [-0.39, 0.29) is 5.56 Å². The van der Waals surface area contributed by atoms with Crippen molar-refractivity contribution in [2.75, 3.05) is 12.9 Å². The lowest BCUT2D eigenvalue weighted by Crippen LogP contribution is -2.27. The van der Waals surface area contributed by atoms with Gasteiger partial charge in [-0.15, -0.1) is 0 Å². The molecule has 1 aliphatic heterocycles. The zero-order valence-electron chi connectivity index (χ0n) is 15.0. The minimum Gasteiger partial charge on any atom is -0.497 e. The van der Waals surface area contributed by atoms with E-state index in [0.29, 0.717) is 12.1 Å². The van der Waals surface area contributed by atoms with Gasteiger partial charge in [-0.05, 0) is 30.2 Å². The molecule has 136 valence electrons. The molecule has 0 bridgehead atoms. The van der Waals surface area contributed by atoms with Gasteiger partial charge in [0.1, 0.15) is 16.8 Å². The molecule has 0 N–H and O–H groups in total. The Balaban J connectivity index is 1.80. The highest BCUT2D eigenvalue weighted by Gasteiger charge is 2.21. The normalized spacial score (nSPS) is 13.8. The summed E-state index contributed by atoms with van der Waals surface area (Å²) in [4.78, 5) is 18.2. The lowest BCUT2D eigenvalue weighted by atomic mass is 10.2. The largest absolute Gasteiger partial charge is 0.497 e. The molecule has 27 heavy (non-hydrogen) atoms. The second kappa shape index (κ2) is 6.46. The van der Waals surface area contributed by atoms with Gasteiger partial charge in [0.15, 0.2) is 5.16 Å². The van der Waals surface area contributed by atoms with Crippen LogP contribution in [0, 0.1) is 0 Å². The molecule has 0 saturated heterocycles. The van der Waals surface area contributed by atoms with Gasteiger partial charge in [0, 0.05) is 24.2 Å². The third-order valence-corrected chi connectivity index (χ3v) is 6.12. The summed E-state index contributed by atoms with van der Waals surface area (Å²) < 4.78 is 9.29. The molecule has 4 aromatic rings. The number of fused-ring (bicyclic) bond motifs is 4. The Morgan fingerprint density at radius 1 is 1.19 bits per heavy atom. The highest BCUT2D eigenvalue weighted by Crippen LogP contribution is 2.30. The average molecular weight is 377 g/mol. The van der Waals surface area contributed by atoms with Crippen molar-refractivity contribution in [2.24, 2.45) is 0 Å². The van der Waals surface area contributed by atoms with E-state index in [1.165, 1.54) is 0 Å². The molecular formula is C21H19N3O2S. The molecule has 5 rings (SSSR count). The van der Waals surface area contributed by atoms with Gasteiger partial charge in [0.2, 0.25) is 0 Å². The number of rotatable bonds is 3. The van der Waals surface area contributed by atoms with Crippen LogP contribution < -0.4 is 10.3 Å². The predicted molar refractivity (Wildman–Crippen MR) is 109 cm³/mol. The number of hydrogen-bond donors (Lipinski definition) is 0. The Morgan fingerprint density at radius 2 is 2.07 bits per heavy atom. The Hall–Kier alpha value is -2.73. The monoisotopic (exact) mass is 377 g/mol. The molecule has 0 radical (unpaired) electrons. The van der Waals surface area contributed by atoms with Crippen molar-refractivity contribution >= 4 is 33.7 Å². The van der Waals surface area contributed by atoms with Crippen molar-refractivity contribution in [2.45, 2.75) is 24.7 Å². The number of aromatic nitrogens is 3. The van der Waals surface area contributed by atoms with E-state index >= 15 is 0 Å². The van der Waals surface area contributed by atoms with Crippen molar-refractivity contribution in [3.8, 4) is 5.75 Å². The van der Waals surface area contributed by atoms with Crippen LogP contribution in [0.5, 0.6) is 5.75 Å². The Bertz CT molecular complexity index is 1230. The first-order chi connectivity index (χ1) is 13.3. The van der Waals surface area contributed by atoms with Gasteiger partial charge in [-0.2, -0.15) is 0 Å². The number of para-hydroxylation sites is 1. The second-order valence-corrected chi connectivity index (χ2v) is 7.77. The third-order valence-electron chi connectivity index (χ3n) is 5.06. The minimum atomic E-state index is 0.0568. The molecule has 3 heterocycles. The summed E-state index contributed by atoms with van der Waals surface area (Å²) in [7, 11) is 1.67. The number of nitrogens with zero attached hydrogens (tertiary/aromatic N) is 3. The van der Waals surface area contributed by atoms with Crippen molar-refractivity contribution < 1.29 is 4.74 Å². The van der Waals surface area contributed by atoms with Gasteiger partial charge in [0.25, 0.3) is 5.56 Å². The van der Waals surface area contributed by atoms with E-state index < -0.39 is 0 Å². The lowest BCUT2D eigenvalue weighted by Gasteiger charge is -2.17. The first kappa shape index (κ1) is 16.4. The molecule has 2 aromatic heterocycles. The van der Waals surface area contributed by atoms with Gasteiger partial charge in [0.05, 0.1) is 12.6 Å². The molecule has 2 aromatic carbocycles. The highest BCUT2D eigenvalue weighted by atomic mass is 32.2. The molecule has 0 saturated carbocycles. The van der Waals surface area contributed by atoms with Crippen molar-refractivity contribution in [3.63, 3.8) is 0 Å². The molecule has 6 heteroatoms. The minimum absolute atomic E-state index is 0.0568. The molecular weight excluding hydrogens is 358 g/mol. The predicted octanol–water partition coefficient (Wildman–Crippen LogP) is 3.90. The molecule has 0 atom stereocenters. The quantitative estimate of drug-likeness (QED) is 0.508. The molecule has 0 spiro atoms. The van der Waals surface area contributed by atoms with E-state index in [4.69, 9.17) is 9.72 Å². The number of ether oxygens (including phenoxy) is 1. The van der Waals surface area contributed by atoms with E-state index in [2.05, 4.69) is 22.8 Å². The van der Waals surface area contributed by atoms with Crippen LogP contribution in [0.3, 0.4) is 0 Å². The Labute approximate surface area is 160 Å². The molecule has 1 aliphatic rings. The SMILES string of the molecule is COc1cccc(Cn2c3ccccc3c3nc4n(c(=O)c32)CCCS4)c1. The summed E-state index contributed by atoms with van der Waals surface area (Å²) in [6, 6.07) is 16.1. The second-order valence-electron chi connectivity index (χ2n) is 6.71. The first-order valence-electron chi connectivity index (χ1n) is 9.04.